The van der Waals surface area contributed by atoms with E-state index in [1.165, 1.54) is 0 Å². The van der Waals surface area contributed by atoms with E-state index >= 15 is 0 Å². The Bertz CT molecular complexity index is 582. The summed E-state index contributed by atoms with van der Waals surface area (Å²) < 4.78 is 31.9. The monoisotopic (exact) mass is 310 g/mol. The quantitative estimate of drug-likeness (QED) is 0.817. The molecule has 0 unspecified atom stereocenters. The predicted octanol–water partition coefficient (Wildman–Crippen LogP) is 1.10. The number of hydrogen-bond acceptors (Lipinski definition) is 4. The fourth-order valence-corrected chi connectivity index (χ4v) is 4.56. The highest BCUT2D eigenvalue weighted by Gasteiger charge is 2.28. The van der Waals surface area contributed by atoms with Crippen LogP contribution in [-0.2, 0) is 21.2 Å². The molecular weight excluding hydrogens is 288 g/mol. The maximum absolute atomic E-state index is 12.5. The third-order valence-corrected chi connectivity index (χ3v) is 6.02. The number of benzene rings is 1. The van der Waals surface area contributed by atoms with E-state index in [0.717, 1.165) is 50.5 Å². The van der Waals surface area contributed by atoms with Gasteiger partial charge in [0.1, 0.15) is 0 Å². The first-order chi connectivity index (χ1) is 10.2. The summed E-state index contributed by atoms with van der Waals surface area (Å²) in [6.45, 7) is 4.75. The molecule has 2 heterocycles. The lowest BCUT2D eigenvalue weighted by Gasteiger charge is -2.27. The number of sulfonamides is 1. The number of para-hydroxylation sites is 1. The lowest BCUT2D eigenvalue weighted by Crippen LogP contribution is -2.38. The summed E-state index contributed by atoms with van der Waals surface area (Å²) in [4.78, 5) is 2.27. The van der Waals surface area contributed by atoms with Crippen LogP contribution >= 0.6 is 0 Å². The van der Waals surface area contributed by atoms with Crippen molar-refractivity contribution in [3.63, 3.8) is 0 Å². The third kappa shape index (κ3) is 3.39. The number of morpholine rings is 1. The molecule has 1 saturated heterocycles. The molecular formula is C15H22N2O3S. The zero-order valence-electron chi connectivity index (χ0n) is 12.2. The highest BCUT2D eigenvalue weighted by molar-refractivity contribution is 7.92. The molecule has 1 fully saturated rings. The van der Waals surface area contributed by atoms with Crippen molar-refractivity contribution in [1.82, 2.24) is 4.90 Å². The number of rotatable bonds is 5. The van der Waals surface area contributed by atoms with Gasteiger partial charge in [-0.3, -0.25) is 9.21 Å². The van der Waals surface area contributed by atoms with Crippen LogP contribution in [0.1, 0.15) is 12.0 Å². The van der Waals surface area contributed by atoms with Gasteiger partial charge in [0.2, 0.25) is 10.0 Å². The van der Waals surface area contributed by atoms with Crippen molar-refractivity contribution in [3.8, 4) is 0 Å². The molecule has 0 saturated carbocycles. The van der Waals surface area contributed by atoms with E-state index in [1.54, 1.807) is 4.31 Å². The SMILES string of the molecule is O=S(=O)(CCCN1CCOCC1)N1CCc2ccccc21. The van der Waals surface area contributed by atoms with Crippen LogP contribution in [0.25, 0.3) is 0 Å². The zero-order chi connectivity index (χ0) is 14.7. The Kier molecular flexibility index (Phi) is 4.47. The Morgan fingerprint density at radius 3 is 2.67 bits per heavy atom. The van der Waals surface area contributed by atoms with Crippen LogP contribution in [0.2, 0.25) is 0 Å². The Balaban J connectivity index is 1.57. The average molecular weight is 310 g/mol. The lowest BCUT2D eigenvalue weighted by molar-refractivity contribution is 0.0381. The Morgan fingerprint density at radius 1 is 1.10 bits per heavy atom. The lowest BCUT2D eigenvalue weighted by atomic mass is 10.2. The molecule has 3 rings (SSSR count). The van der Waals surface area contributed by atoms with Crippen LogP contribution in [0.4, 0.5) is 5.69 Å². The van der Waals surface area contributed by atoms with Gasteiger partial charge >= 0.3 is 0 Å². The topological polar surface area (TPSA) is 49.9 Å². The second-order valence-corrected chi connectivity index (χ2v) is 7.59. The summed E-state index contributed by atoms with van der Waals surface area (Å²) in [7, 11) is -3.20. The summed E-state index contributed by atoms with van der Waals surface area (Å²) in [5.74, 6) is 0.221. The molecule has 0 bridgehead atoms. The van der Waals surface area contributed by atoms with Crippen molar-refractivity contribution in [2.24, 2.45) is 0 Å². The van der Waals surface area contributed by atoms with Gasteiger partial charge in [0.25, 0.3) is 0 Å². The second kappa shape index (κ2) is 6.34. The van der Waals surface area contributed by atoms with E-state index in [4.69, 9.17) is 4.74 Å². The summed E-state index contributed by atoms with van der Waals surface area (Å²) in [5, 5.41) is 0. The molecule has 0 radical (unpaired) electrons. The molecule has 0 amide bonds. The van der Waals surface area contributed by atoms with Gasteiger partial charge in [-0.2, -0.15) is 0 Å². The fourth-order valence-electron chi connectivity index (χ4n) is 3.00. The Labute approximate surface area is 126 Å². The van der Waals surface area contributed by atoms with E-state index in [-0.39, 0.29) is 5.75 Å². The van der Waals surface area contributed by atoms with Gasteiger partial charge < -0.3 is 4.74 Å². The van der Waals surface area contributed by atoms with Crippen LogP contribution < -0.4 is 4.31 Å². The molecule has 0 aromatic heterocycles. The van der Waals surface area contributed by atoms with E-state index < -0.39 is 10.0 Å². The molecule has 2 aliphatic heterocycles. The summed E-state index contributed by atoms with van der Waals surface area (Å²) in [5.41, 5.74) is 2.00. The first kappa shape index (κ1) is 14.8. The maximum Gasteiger partial charge on any atom is 0.235 e. The molecule has 1 aromatic rings. The van der Waals surface area contributed by atoms with Crippen molar-refractivity contribution in [3.05, 3.63) is 29.8 Å². The number of ether oxygens (including phenoxy) is 1. The number of nitrogens with zero attached hydrogens (tertiary/aromatic N) is 2. The first-order valence-corrected chi connectivity index (χ1v) is 9.16. The standard InChI is InChI=1S/C15H22N2O3S/c18-21(19,13-3-7-16-9-11-20-12-10-16)17-8-6-14-4-1-2-5-15(14)17/h1-2,4-5H,3,6-13H2. The van der Waals surface area contributed by atoms with Crippen LogP contribution in [0.3, 0.4) is 0 Å². The van der Waals surface area contributed by atoms with Crippen molar-refractivity contribution in [2.75, 3.05) is 49.5 Å². The minimum atomic E-state index is -3.20. The smallest absolute Gasteiger partial charge is 0.235 e. The van der Waals surface area contributed by atoms with Gasteiger partial charge in [-0.15, -0.1) is 0 Å². The fraction of sp³-hybridized carbons (Fsp3) is 0.600. The number of fused-ring (bicyclic) bond motifs is 1. The van der Waals surface area contributed by atoms with E-state index in [9.17, 15) is 8.42 Å². The van der Waals surface area contributed by atoms with Crippen molar-refractivity contribution >= 4 is 15.7 Å². The van der Waals surface area contributed by atoms with Gasteiger partial charge in [-0.05, 0) is 31.0 Å². The molecule has 5 nitrogen and oxygen atoms in total. The van der Waals surface area contributed by atoms with Gasteiger partial charge in [-0.1, -0.05) is 18.2 Å². The van der Waals surface area contributed by atoms with Crippen molar-refractivity contribution in [1.29, 1.82) is 0 Å². The molecule has 116 valence electrons. The maximum atomic E-state index is 12.5. The van der Waals surface area contributed by atoms with Gasteiger partial charge in [0, 0.05) is 19.6 Å². The molecule has 1 aromatic carbocycles. The normalized spacial score (nSPS) is 19.7. The van der Waals surface area contributed by atoms with Gasteiger partial charge in [-0.25, -0.2) is 8.42 Å². The van der Waals surface area contributed by atoms with Crippen molar-refractivity contribution < 1.29 is 13.2 Å². The van der Waals surface area contributed by atoms with E-state index in [0.29, 0.717) is 13.0 Å². The molecule has 0 spiro atoms. The van der Waals surface area contributed by atoms with Gasteiger partial charge in [0.15, 0.2) is 0 Å². The van der Waals surface area contributed by atoms with Crippen LogP contribution in [0, 0.1) is 0 Å². The zero-order valence-corrected chi connectivity index (χ0v) is 13.0. The average Bonchev–Trinajstić information content (AvgIpc) is 2.93. The molecule has 2 aliphatic rings. The molecule has 0 aliphatic carbocycles. The van der Waals surface area contributed by atoms with E-state index in [1.807, 2.05) is 24.3 Å². The number of anilines is 1. The highest BCUT2D eigenvalue weighted by atomic mass is 32.2. The van der Waals surface area contributed by atoms with Gasteiger partial charge in [0.05, 0.1) is 24.7 Å². The largest absolute Gasteiger partial charge is 0.379 e. The third-order valence-electron chi connectivity index (χ3n) is 4.16. The van der Waals surface area contributed by atoms with Crippen LogP contribution in [-0.4, -0.2) is 58.5 Å². The summed E-state index contributed by atoms with van der Waals surface area (Å²) in [6, 6.07) is 7.79. The number of hydrogen-bond donors (Lipinski definition) is 0. The first-order valence-electron chi connectivity index (χ1n) is 7.55. The molecule has 21 heavy (non-hydrogen) atoms. The Morgan fingerprint density at radius 2 is 1.86 bits per heavy atom. The summed E-state index contributed by atoms with van der Waals surface area (Å²) in [6.07, 6.45) is 1.50. The van der Waals surface area contributed by atoms with E-state index in [2.05, 4.69) is 4.90 Å². The molecule has 0 N–H and O–H groups in total. The van der Waals surface area contributed by atoms with Crippen molar-refractivity contribution in [2.45, 2.75) is 12.8 Å². The minimum Gasteiger partial charge on any atom is -0.379 e. The molecule has 0 atom stereocenters. The minimum absolute atomic E-state index is 0.221. The van der Waals surface area contributed by atoms with Crippen LogP contribution in [0.15, 0.2) is 24.3 Å². The summed E-state index contributed by atoms with van der Waals surface area (Å²) >= 11 is 0. The second-order valence-electron chi connectivity index (χ2n) is 5.57. The highest BCUT2D eigenvalue weighted by Crippen LogP contribution is 2.30. The molecule has 6 heteroatoms. The predicted molar refractivity (Wildman–Crippen MR) is 83.2 cm³/mol. The Hall–Kier alpha value is -1.11. The van der Waals surface area contributed by atoms with Crippen LogP contribution in [0.5, 0.6) is 0 Å².